The summed E-state index contributed by atoms with van der Waals surface area (Å²) in [6, 6.07) is 16.7. The zero-order valence-electron chi connectivity index (χ0n) is 17.4. The van der Waals surface area contributed by atoms with Gasteiger partial charge in [-0.1, -0.05) is 23.7 Å². The highest BCUT2D eigenvalue weighted by molar-refractivity contribution is 7.20. The molecule has 1 saturated carbocycles. The van der Waals surface area contributed by atoms with Gasteiger partial charge in [-0.3, -0.25) is 14.3 Å². The molecule has 0 unspecified atom stereocenters. The Bertz CT molecular complexity index is 1300. The van der Waals surface area contributed by atoms with Crippen LogP contribution in [-0.2, 0) is 11.3 Å². The van der Waals surface area contributed by atoms with Gasteiger partial charge in [0, 0.05) is 27.7 Å². The normalized spacial score (nSPS) is 13.3. The highest BCUT2D eigenvalue weighted by Gasteiger charge is 2.29. The molecule has 2 aromatic heterocycles. The van der Waals surface area contributed by atoms with Crippen LogP contribution in [-0.4, -0.2) is 21.6 Å². The van der Waals surface area contributed by atoms with E-state index in [2.05, 4.69) is 15.7 Å². The third-order valence-electron chi connectivity index (χ3n) is 5.44. The van der Waals surface area contributed by atoms with Crippen LogP contribution in [0.2, 0.25) is 5.02 Å². The van der Waals surface area contributed by atoms with E-state index in [-0.39, 0.29) is 17.7 Å². The molecular formula is C24H21ClN4O2S. The third kappa shape index (κ3) is 4.40. The minimum Gasteiger partial charge on any atom is -0.326 e. The number of carbonyl (C=O) groups excluding carboxylic acids is 2. The van der Waals surface area contributed by atoms with Crippen molar-refractivity contribution in [3.05, 3.63) is 75.8 Å². The molecule has 6 nitrogen and oxygen atoms in total. The van der Waals surface area contributed by atoms with Gasteiger partial charge < -0.3 is 10.6 Å². The molecule has 4 aromatic rings. The van der Waals surface area contributed by atoms with Crippen LogP contribution in [0.1, 0.15) is 33.8 Å². The second kappa shape index (κ2) is 8.41. The van der Waals surface area contributed by atoms with Crippen molar-refractivity contribution in [3.8, 4) is 0 Å². The number of fused-ring (bicyclic) bond motifs is 1. The van der Waals surface area contributed by atoms with E-state index < -0.39 is 0 Å². The number of aromatic nitrogens is 2. The first kappa shape index (κ1) is 20.7. The molecule has 162 valence electrons. The van der Waals surface area contributed by atoms with E-state index in [1.54, 1.807) is 24.3 Å². The summed E-state index contributed by atoms with van der Waals surface area (Å²) >= 11 is 7.40. The van der Waals surface area contributed by atoms with Crippen molar-refractivity contribution in [2.45, 2.75) is 26.3 Å². The van der Waals surface area contributed by atoms with Gasteiger partial charge in [-0.05, 0) is 67.8 Å². The monoisotopic (exact) mass is 464 g/mol. The Labute approximate surface area is 194 Å². The molecule has 32 heavy (non-hydrogen) atoms. The Kier molecular flexibility index (Phi) is 5.45. The molecule has 5 rings (SSSR count). The van der Waals surface area contributed by atoms with E-state index >= 15 is 0 Å². The lowest BCUT2D eigenvalue weighted by Gasteiger charge is -2.07. The van der Waals surface area contributed by atoms with Gasteiger partial charge in [0.05, 0.1) is 17.1 Å². The summed E-state index contributed by atoms with van der Waals surface area (Å²) in [5, 5.41) is 12.1. The molecule has 0 spiro atoms. The summed E-state index contributed by atoms with van der Waals surface area (Å²) in [5.41, 5.74) is 3.39. The SMILES string of the molecule is Cc1nn(Cc2ccc(Cl)cc2)c2sc(C(=O)Nc3ccc(NC(=O)C4CC4)cc3)cc12. The zero-order valence-corrected chi connectivity index (χ0v) is 19.0. The number of thiophene rings is 1. The summed E-state index contributed by atoms with van der Waals surface area (Å²) in [5.74, 6) is 0.0508. The van der Waals surface area contributed by atoms with Crippen molar-refractivity contribution in [1.82, 2.24) is 9.78 Å². The molecular weight excluding hydrogens is 444 g/mol. The van der Waals surface area contributed by atoms with E-state index in [9.17, 15) is 9.59 Å². The van der Waals surface area contributed by atoms with E-state index in [0.717, 1.165) is 40.0 Å². The number of benzene rings is 2. The van der Waals surface area contributed by atoms with E-state index in [1.807, 2.05) is 41.9 Å². The summed E-state index contributed by atoms with van der Waals surface area (Å²) in [6.07, 6.45) is 1.93. The van der Waals surface area contributed by atoms with E-state index in [4.69, 9.17) is 11.6 Å². The van der Waals surface area contributed by atoms with Crippen molar-refractivity contribution in [2.75, 3.05) is 10.6 Å². The molecule has 2 amide bonds. The molecule has 2 aromatic carbocycles. The maximum atomic E-state index is 12.8. The van der Waals surface area contributed by atoms with Gasteiger partial charge in [-0.2, -0.15) is 5.10 Å². The number of nitrogens with one attached hydrogen (secondary N) is 2. The van der Waals surface area contributed by atoms with Gasteiger partial charge in [-0.25, -0.2) is 0 Å². The van der Waals surface area contributed by atoms with E-state index in [1.165, 1.54) is 11.3 Å². The Balaban J connectivity index is 1.30. The number of hydrogen-bond donors (Lipinski definition) is 2. The first-order valence-corrected chi connectivity index (χ1v) is 11.6. The second-order valence-corrected chi connectivity index (χ2v) is 9.46. The van der Waals surface area contributed by atoms with Gasteiger partial charge in [0.25, 0.3) is 5.91 Å². The summed E-state index contributed by atoms with van der Waals surface area (Å²) in [4.78, 5) is 26.3. The Morgan fingerprint density at radius 2 is 1.72 bits per heavy atom. The van der Waals surface area contributed by atoms with Crippen molar-refractivity contribution in [1.29, 1.82) is 0 Å². The van der Waals surface area contributed by atoms with Crippen molar-refractivity contribution >= 4 is 56.3 Å². The topological polar surface area (TPSA) is 76.0 Å². The lowest BCUT2D eigenvalue weighted by atomic mass is 10.2. The van der Waals surface area contributed by atoms with Crippen LogP contribution < -0.4 is 10.6 Å². The first-order valence-electron chi connectivity index (χ1n) is 10.4. The molecule has 1 fully saturated rings. The molecule has 2 N–H and O–H groups in total. The van der Waals surface area contributed by atoms with Crippen LogP contribution in [0.15, 0.2) is 54.6 Å². The molecule has 0 saturated heterocycles. The Morgan fingerprint density at radius 1 is 1.06 bits per heavy atom. The van der Waals surface area contributed by atoms with Crippen LogP contribution in [0.3, 0.4) is 0 Å². The minimum atomic E-state index is -0.168. The third-order valence-corrected chi connectivity index (χ3v) is 6.83. The van der Waals surface area contributed by atoms with Crippen LogP contribution in [0.25, 0.3) is 10.2 Å². The maximum Gasteiger partial charge on any atom is 0.265 e. The van der Waals surface area contributed by atoms with Gasteiger partial charge >= 0.3 is 0 Å². The molecule has 0 bridgehead atoms. The average molecular weight is 465 g/mol. The molecule has 2 heterocycles. The number of carbonyl (C=O) groups is 2. The zero-order chi connectivity index (χ0) is 22.2. The van der Waals surface area contributed by atoms with Crippen LogP contribution in [0.5, 0.6) is 0 Å². The number of halogens is 1. The number of anilines is 2. The van der Waals surface area contributed by atoms with Crippen LogP contribution >= 0.6 is 22.9 Å². The second-order valence-electron chi connectivity index (χ2n) is 7.99. The predicted octanol–water partition coefficient (Wildman–Crippen LogP) is 5.71. The highest BCUT2D eigenvalue weighted by atomic mass is 35.5. The summed E-state index contributed by atoms with van der Waals surface area (Å²) < 4.78 is 1.92. The number of amides is 2. The average Bonchev–Trinajstić information content (AvgIpc) is 3.47. The highest BCUT2D eigenvalue weighted by Crippen LogP contribution is 2.31. The number of nitrogens with zero attached hydrogens (tertiary/aromatic N) is 2. The summed E-state index contributed by atoms with van der Waals surface area (Å²) in [6.45, 7) is 2.56. The van der Waals surface area contributed by atoms with Crippen LogP contribution in [0.4, 0.5) is 11.4 Å². The fraction of sp³-hybridized carbons (Fsp3) is 0.208. The lowest BCUT2D eigenvalue weighted by molar-refractivity contribution is -0.117. The van der Waals surface area contributed by atoms with Gasteiger partial charge in [0.2, 0.25) is 5.91 Å². The smallest absolute Gasteiger partial charge is 0.265 e. The summed E-state index contributed by atoms with van der Waals surface area (Å²) in [7, 11) is 0. The Hall–Kier alpha value is -3.16. The standard InChI is InChI=1S/C24H21ClN4O2S/c1-14-20-12-21(32-24(20)29(28-14)13-15-2-6-17(25)7-3-15)23(31)27-19-10-8-18(9-11-19)26-22(30)16-4-5-16/h2-3,6-12,16H,4-5,13H2,1H3,(H,26,30)(H,27,31). The number of aryl methyl sites for hydroxylation is 1. The van der Waals surface area contributed by atoms with Crippen LogP contribution in [0, 0.1) is 12.8 Å². The molecule has 0 atom stereocenters. The molecule has 8 heteroatoms. The first-order chi connectivity index (χ1) is 15.5. The van der Waals surface area contributed by atoms with E-state index in [0.29, 0.717) is 22.1 Å². The van der Waals surface area contributed by atoms with Gasteiger partial charge in [0.15, 0.2) is 0 Å². The fourth-order valence-corrected chi connectivity index (χ4v) is 4.70. The Morgan fingerprint density at radius 3 is 2.38 bits per heavy atom. The van der Waals surface area contributed by atoms with Gasteiger partial charge in [-0.15, -0.1) is 11.3 Å². The number of hydrogen-bond acceptors (Lipinski definition) is 4. The molecule has 0 aliphatic heterocycles. The van der Waals surface area contributed by atoms with Gasteiger partial charge in [0.1, 0.15) is 4.83 Å². The van der Waals surface area contributed by atoms with Crippen molar-refractivity contribution < 1.29 is 9.59 Å². The predicted molar refractivity (Wildman–Crippen MR) is 129 cm³/mol. The maximum absolute atomic E-state index is 12.8. The minimum absolute atomic E-state index is 0.0649. The van der Waals surface area contributed by atoms with Crippen molar-refractivity contribution in [2.24, 2.45) is 5.92 Å². The number of rotatable bonds is 6. The lowest BCUT2D eigenvalue weighted by Crippen LogP contribution is -2.13. The quantitative estimate of drug-likeness (QED) is 0.383. The van der Waals surface area contributed by atoms with Crippen molar-refractivity contribution in [3.63, 3.8) is 0 Å². The fourth-order valence-electron chi connectivity index (χ4n) is 3.51. The molecule has 1 aliphatic rings. The largest absolute Gasteiger partial charge is 0.326 e. The molecule has 0 radical (unpaired) electrons. The molecule has 1 aliphatic carbocycles.